The van der Waals surface area contributed by atoms with Gasteiger partial charge in [0.05, 0.1) is 0 Å². The largest absolute Gasteiger partial charge is 0.326 e. The Morgan fingerprint density at radius 2 is 2.11 bits per heavy atom. The fourth-order valence-corrected chi connectivity index (χ4v) is 2.82. The maximum atomic E-state index is 12.0. The molecule has 104 valence electrons. The summed E-state index contributed by atoms with van der Waals surface area (Å²) in [7, 11) is 0. The molecule has 0 aliphatic carbocycles. The van der Waals surface area contributed by atoms with Gasteiger partial charge in [0.25, 0.3) is 0 Å². The number of hydrogen-bond donors (Lipinski definition) is 2. The van der Waals surface area contributed by atoms with Gasteiger partial charge in [0.15, 0.2) is 0 Å². The average Bonchev–Trinajstić information content (AvgIpc) is 2.37. The number of anilines is 1. The Morgan fingerprint density at radius 3 is 2.68 bits per heavy atom. The molecule has 0 spiro atoms. The van der Waals surface area contributed by atoms with E-state index in [0.717, 1.165) is 40.8 Å². The molecule has 1 aliphatic heterocycles. The van der Waals surface area contributed by atoms with Crippen molar-refractivity contribution < 1.29 is 4.79 Å². The topological polar surface area (TPSA) is 41.1 Å². The van der Waals surface area contributed by atoms with Crippen LogP contribution in [0.5, 0.6) is 0 Å². The normalized spacial score (nSPS) is 19.2. The fourth-order valence-electron chi connectivity index (χ4n) is 2.59. The second kappa shape index (κ2) is 6.53. The van der Waals surface area contributed by atoms with Crippen molar-refractivity contribution in [2.75, 3.05) is 18.4 Å². The number of piperidine rings is 1. The third-order valence-corrected chi connectivity index (χ3v) is 4.84. The average molecular weight is 325 g/mol. The summed E-state index contributed by atoms with van der Waals surface area (Å²) in [5.74, 6) is 0.598. The van der Waals surface area contributed by atoms with E-state index in [9.17, 15) is 4.79 Å². The van der Waals surface area contributed by atoms with Crippen LogP contribution in [0, 0.1) is 19.8 Å². The molecule has 1 aromatic rings. The Labute approximate surface area is 123 Å². The smallest absolute Gasteiger partial charge is 0.224 e. The zero-order chi connectivity index (χ0) is 13.8. The summed E-state index contributed by atoms with van der Waals surface area (Å²) in [4.78, 5) is 12.0. The van der Waals surface area contributed by atoms with Crippen molar-refractivity contribution in [3.63, 3.8) is 0 Å². The first-order chi connectivity index (χ1) is 9.06. The van der Waals surface area contributed by atoms with E-state index in [1.54, 1.807) is 0 Å². The summed E-state index contributed by atoms with van der Waals surface area (Å²) in [6, 6.07) is 4.02. The standard InChI is InChI=1S/C15H21BrN2O/c1-10-6-13(7-11(2)15(10)16)18-14(19)8-12-4-3-5-17-9-12/h6-7,12,17H,3-5,8-9H2,1-2H3,(H,18,19). The highest BCUT2D eigenvalue weighted by atomic mass is 79.9. The molecule has 0 radical (unpaired) electrons. The van der Waals surface area contributed by atoms with Crippen molar-refractivity contribution in [2.24, 2.45) is 5.92 Å². The Hall–Kier alpha value is -0.870. The van der Waals surface area contributed by atoms with E-state index in [2.05, 4.69) is 26.6 Å². The van der Waals surface area contributed by atoms with Crippen LogP contribution in [0.15, 0.2) is 16.6 Å². The summed E-state index contributed by atoms with van der Waals surface area (Å²) >= 11 is 3.54. The van der Waals surface area contributed by atoms with E-state index >= 15 is 0 Å². The summed E-state index contributed by atoms with van der Waals surface area (Å²) < 4.78 is 1.11. The highest BCUT2D eigenvalue weighted by Gasteiger charge is 2.17. The van der Waals surface area contributed by atoms with E-state index in [-0.39, 0.29) is 5.91 Å². The highest BCUT2D eigenvalue weighted by Crippen LogP contribution is 2.25. The SMILES string of the molecule is Cc1cc(NC(=O)CC2CCCNC2)cc(C)c1Br. The molecule has 3 nitrogen and oxygen atoms in total. The van der Waals surface area contributed by atoms with E-state index in [0.29, 0.717) is 12.3 Å². The minimum Gasteiger partial charge on any atom is -0.326 e. The lowest BCUT2D eigenvalue weighted by Gasteiger charge is -2.22. The molecule has 0 bridgehead atoms. The Kier molecular flexibility index (Phi) is 4.99. The Morgan fingerprint density at radius 1 is 1.42 bits per heavy atom. The number of carbonyl (C=O) groups excluding carboxylic acids is 1. The van der Waals surface area contributed by atoms with Gasteiger partial charge in [-0.2, -0.15) is 0 Å². The first-order valence-corrected chi connectivity index (χ1v) is 7.63. The van der Waals surface area contributed by atoms with Crippen molar-refractivity contribution >= 4 is 27.5 Å². The summed E-state index contributed by atoms with van der Waals surface area (Å²) in [6.45, 7) is 6.13. The molecule has 1 atom stereocenters. The lowest BCUT2D eigenvalue weighted by molar-refractivity contribution is -0.117. The maximum absolute atomic E-state index is 12.0. The molecule has 2 rings (SSSR count). The quantitative estimate of drug-likeness (QED) is 0.894. The minimum absolute atomic E-state index is 0.120. The zero-order valence-corrected chi connectivity index (χ0v) is 13.1. The predicted octanol–water partition coefficient (Wildman–Crippen LogP) is 3.39. The highest BCUT2D eigenvalue weighted by molar-refractivity contribution is 9.10. The molecule has 2 N–H and O–H groups in total. The Bertz CT molecular complexity index is 444. The van der Waals surface area contributed by atoms with Gasteiger partial charge in [-0.3, -0.25) is 4.79 Å². The number of hydrogen-bond acceptors (Lipinski definition) is 2. The molecule has 1 aromatic carbocycles. The van der Waals surface area contributed by atoms with Crippen LogP contribution in [0.25, 0.3) is 0 Å². The van der Waals surface area contributed by atoms with E-state index in [1.807, 2.05) is 26.0 Å². The minimum atomic E-state index is 0.120. The monoisotopic (exact) mass is 324 g/mol. The molecule has 1 saturated heterocycles. The number of amides is 1. The third kappa shape index (κ3) is 4.05. The lowest BCUT2D eigenvalue weighted by atomic mass is 9.96. The van der Waals surface area contributed by atoms with E-state index in [4.69, 9.17) is 0 Å². The van der Waals surface area contributed by atoms with E-state index in [1.165, 1.54) is 6.42 Å². The van der Waals surface area contributed by atoms with Crippen LogP contribution in [0.4, 0.5) is 5.69 Å². The molecule has 1 aliphatic rings. The lowest BCUT2D eigenvalue weighted by Crippen LogP contribution is -2.32. The molecule has 4 heteroatoms. The van der Waals surface area contributed by atoms with Gasteiger partial charge in [-0.25, -0.2) is 0 Å². The summed E-state index contributed by atoms with van der Waals surface area (Å²) in [5.41, 5.74) is 3.19. The van der Waals surface area contributed by atoms with Crippen LogP contribution in [-0.2, 0) is 4.79 Å². The summed E-state index contributed by atoms with van der Waals surface area (Å²) in [5, 5.41) is 6.35. The van der Waals surface area contributed by atoms with E-state index < -0.39 is 0 Å². The summed E-state index contributed by atoms with van der Waals surface area (Å²) in [6.07, 6.45) is 2.94. The number of benzene rings is 1. The zero-order valence-electron chi connectivity index (χ0n) is 11.6. The second-order valence-corrected chi connectivity index (χ2v) is 6.18. The first-order valence-electron chi connectivity index (χ1n) is 6.83. The predicted molar refractivity (Wildman–Crippen MR) is 82.5 cm³/mol. The molecule has 1 heterocycles. The molecule has 1 unspecified atom stereocenters. The van der Waals surface area contributed by atoms with Crippen LogP contribution < -0.4 is 10.6 Å². The molecule has 0 saturated carbocycles. The molecule has 0 aromatic heterocycles. The van der Waals surface area contributed by atoms with Gasteiger partial charge < -0.3 is 10.6 Å². The van der Waals surface area contributed by atoms with Crippen LogP contribution in [0.3, 0.4) is 0 Å². The first kappa shape index (κ1) is 14.5. The van der Waals surface area contributed by atoms with Gasteiger partial charge in [0.1, 0.15) is 0 Å². The van der Waals surface area contributed by atoms with Gasteiger partial charge in [0, 0.05) is 16.6 Å². The molecule has 19 heavy (non-hydrogen) atoms. The fraction of sp³-hybridized carbons (Fsp3) is 0.533. The van der Waals surface area contributed by atoms with Gasteiger partial charge in [-0.15, -0.1) is 0 Å². The number of aryl methyl sites for hydroxylation is 2. The van der Waals surface area contributed by atoms with Crippen molar-refractivity contribution in [1.29, 1.82) is 0 Å². The number of carbonyl (C=O) groups is 1. The number of halogens is 1. The third-order valence-electron chi connectivity index (χ3n) is 3.59. The van der Waals surface area contributed by atoms with Crippen LogP contribution in [0.2, 0.25) is 0 Å². The van der Waals surface area contributed by atoms with Crippen LogP contribution >= 0.6 is 15.9 Å². The van der Waals surface area contributed by atoms with Gasteiger partial charge >= 0.3 is 0 Å². The number of rotatable bonds is 3. The van der Waals surface area contributed by atoms with Gasteiger partial charge in [-0.05, 0) is 69.0 Å². The van der Waals surface area contributed by atoms with Crippen molar-refractivity contribution in [3.05, 3.63) is 27.7 Å². The molecule has 1 amide bonds. The van der Waals surface area contributed by atoms with Crippen LogP contribution in [-0.4, -0.2) is 19.0 Å². The second-order valence-electron chi connectivity index (χ2n) is 5.39. The van der Waals surface area contributed by atoms with Crippen molar-refractivity contribution in [3.8, 4) is 0 Å². The van der Waals surface area contributed by atoms with Crippen LogP contribution in [0.1, 0.15) is 30.4 Å². The van der Waals surface area contributed by atoms with Gasteiger partial charge in [-0.1, -0.05) is 15.9 Å². The van der Waals surface area contributed by atoms with Crippen molar-refractivity contribution in [2.45, 2.75) is 33.1 Å². The van der Waals surface area contributed by atoms with Crippen molar-refractivity contribution in [1.82, 2.24) is 5.32 Å². The van der Waals surface area contributed by atoms with Gasteiger partial charge in [0.2, 0.25) is 5.91 Å². The number of nitrogens with one attached hydrogen (secondary N) is 2. The Balaban J connectivity index is 1.94. The molecular formula is C15H21BrN2O. The maximum Gasteiger partial charge on any atom is 0.224 e. The molecular weight excluding hydrogens is 304 g/mol. The molecule has 1 fully saturated rings.